The van der Waals surface area contributed by atoms with E-state index in [0.29, 0.717) is 31.4 Å². The minimum absolute atomic E-state index is 0.00376. The van der Waals surface area contributed by atoms with Crippen molar-refractivity contribution < 1.29 is 14.3 Å². The molecule has 1 N–H and O–H groups in total. The smallest absolute Gasteiger partial charge is 0.245 e. The molecule has 0 radical (unpaired) electrons. The molecular formula is C15H26N2O3. The van der Waals surface area contributed by atoms with Crippen LogP contribution in [0.2, 0.25) is 0 Å². The van der Waals surface area contributed by atoms with E-state index in [1.54, 1.807) is 0 Å². The molecule has 2 amide bonds. The van der Waals surface area contributed by atoms with Crippen LogP contribution in [0.1, 0.15) is 40.0 Å². The first-order chi connectivity index (χ1) is 9.52. The molecule has 2 heterocycles. The Morgan fingerprint density at radius 2 is 2.15 bits per heavy atom. The van der Waals surface area contributed by atoms with Crippen molar-refractivity contribution in [1.82, 2.24) is 10.2 Å². The van der Waals surface area contributed by atoms with E-state index in [9.17, 15) is 9.59 Å². The van der Waals surface area contributed by atoms with Gasteiger partial charge in [-0.15, -0.1) is 0 Å². The Kier molecular flexibility index (Phi) is 5.02. The van der Waals surface area contributed by atoms with Gasteiger partial charge in [0.15, 0.2) is 0 Å². The minimum Gasteiger partial charge on any atom is -0.381 e. The molecule has 3 atom stereocenters. The molecule has 2 rings (SSSR count). The largest absolute Gasteiger partial charge is 0.381 e. The highest BCUT2D eigenvalue weighted by Crippen LogP contribution is 2.22. The molecule has 2 fully saturated rings. The van der Waals surface area contributed by atoms with Crippen molar-refractivity contribution in [3.05, 3.63) is 0 Å². The minimum atomic E-state index is -0.353. The SMILES string of the molecule is CCC1NC(=O)C(CC(C)C)N(CC2CCOC2)C1=O. The average Bonchev–Trinajstić information content (AvgIpc) is 2.90. The zero-order chi connectivity index (χ0) is 14.7. The van der Waals surface area contributed by atoms with Gasteiger partial charge in [0.2, 0.25) is 11.8 Å². The molecule has 2 aliphatic heterocycles. The summed E-state index contributed by atoms with van der Waals surface area (Å²) in [6.07, 6.45) is 2.36. The first kappa shape index (κ1) is 15.3. The maximum atomic E-state index is 12.6. The van der Waals surface area contributed by atoms with E-state index in [4.69, 9.17) is 4.74 Å². The predicted octanol–water partition coefficient (Wildman–Crippen LogP) is 1.17. The van der Waals surface area contributed by atoms with Gasteiger partial charge in [-0.05, 0) is 25.2 Å². The van der Waals surface area contributed by atoms with Gasteiger partial charge in [0.1, 0.15) is 12.1 Å². The Hall–Kier alpha value is -1.10. The van der Waals surface area contributed by atoms with Crippen LogP contribution in [0.15, 0.2) is 0 Å². The lowest BCUT2D eigenvalue weighted by molar-refractivity contribution is -0.150. The molecule has 0 aromatic rings. The highest BCUT2D eigenvalue weighted by atomic mass is 16.5. The van der Waals surface area contributed by atoms with E-state index in [1.807, 2.05) is 11.8 Å². The van der Waals surface area contributed by atoms with Crippen LogP contribution in [-0.4, -0.2) is 48.6 Å². The van der Waals surface area contributed by atoms with E-state index in [0.717, 1.165) is 19.4 Å². The second-order valence-electron chi connectivity index (χ2n) is 6.33. The Balaban J connectivity index is 2.12. The van der Waals surface area contributed by atoms with Crippen LogP contribution in [0, 0.1) is 11.8 Å². The first-order valence-electron chi connectivity index (χ1n) is 7.71. The number of amides is 2. The average molecular weight is 282 g/mol. The molecule has 5 heteroatoms. The summed E-state index contributed by atoms with van der Waals surface area (Å²) in [5.41, 5.74) is 0. The molecule has 5 nitrogen and oxygen atoms in total. The fourth-order valence-corrected chi connectivity index (χ4v) is 3.01. The van der Waals surface area contributed by atoms with E-state index >= 15 is 0 Å². The second kappa shape index (κ2) is 6.57. The molecule has 2 saturated heterocycles. The third kappa shape index (κ3) is 3.32. The van der Waals surface area contributed by atoms with Gasteiger partial charge < -0.3 is 15.0 Å². The van der Waals surface area contributed by atoms with Gasteiger partial charge in [0, 0.05) is 19.1 Å². The van der Waals surface area contributed by atoms with Gasteiger partial charge >= 0.3 is 0 Å². The second-order valence-corrected chi connectivity index (χ2v) is 6.33. The molecule has 0 saturated carbocycles. The third-order valence-corrected chi connectivity index (χ3v) is 4.16. The molecule has 0 aliphatic carbocycles. The predicted molar refractivity (Wildman–Crippen MR) is 76.1 cm³/mol. The standard InChI is InChI=1S/C15H26N2O3/c1-4-12-15(19)17(8-11-5-6-20-9-11)13(7-10(2)3)14(18)16-12/h10-13H,4-9H2,1-3H3,(H,16,18). The maximum Gasteiger partial charge on any atom is 0.245 e. The Labute approximate surface area is 121 Å². The van der Waals surface area contributed by atoms with E-state index < -0.39 is 0 Å². The number of carbonyl (C=O) groups is 2. The number of ether oxygens (including phenoxy) is 1. The highest BCUT2D eigenvalue weighted by Gasteiger charge is 2.40. The molecule has 0 aromatic heterocycles. The monoisotopic (exact) mass is 282 g/mol. The van der Waals surface area contributed by atoms with Gasteiger partial charge in [-0.25, -0.2) is 0 Å². The van der Waals surface area contributed by atoms with Crippen LogP contribution >= 0.6 is 0 Å². The van der Waals surface area contributed by atoms with Crippen molar-refractivity contribution >= 4 is 11.8 Å². The van der Waals surface area contributed by atoms with Crippen molar-refractivity contribution in [3.63, 3.8) is 0 Å². The number of rotatable bonds is 5. The molecule has 0 bridgehead atoms. The van der Waals surface area contributed by atoms with E-state index in [1.165, 1.54) is 0 Å². The maximum absolute atomic E-state index is 12.6. The van der Waals surface area contributed by atoms with Crippen LogP contribution in [0.25, 0.3) is 0 Å². The van der Waals surface area contributed by atoms with Crippen LogP contribution < -0.4 is 5.32 Å². The molecule has 0 spiro atoms. The summed E-state index contributed by atoms with van der Waals surface area (Å²) in [6, 6.07) is -0.667. The molecule has 20 heavy (non-hydrogen) atoms. The van der Waals surface area contributed by atoms with Crippen LogP contribution in [0.4, 0.5) is 0 Å². The number of carbonyl (C=O) groups excluding carboxylic acids is 2. The van der Waals surface area contributed by atoms with E-state index in [2.05, 4.69) is 19.2 Å². The first-order valence-corrected chi connectivity index (χ1v) is 7.71. The summed E-state index contributed by atoms with van der Waals surface area (Å²) in [5, 5.41) is 2.86. The number of nitrogens with zero attached hydrogens (tertiary/aromatic N) is 1. The van der Waals surface area contributed by atoms with Crippen molar-refractivity contribution in [2.45, 2.75) is 52.1 Å². The van der Waals surface area contributed by atoms with Crippen LogP contribution in [0.3, 0.4) is 0 Å². The van der Waals surface area contributed by atoms with E-state index in [-0.39, 0.29) is 23.9 Å². The number of piperazine rings is 1. The fourth-order valence-electron chi connectivity index (χ4n) is 3.01. The molecule has 0 aromatic carbocycles. The summed E-state index contributed by atoms with van der Waals surface area (Å²) in [5.74, 6) is 0.838. The lowest BCUT2D eigenvalue weighted by atomic mass is 9.95. The van der Waals surface area contributed by atoms with Crippen LogP contribution in [-0.2, 0) is 14.3 Å². The van der Waals surface area contributed by atoms with Gasteiger partial charge in [0.25, 0.3) is 0 Å². The topological polar surface area (TPSA) is 58.6 Å². The normalized spacial score (nSPS) is 31.0. The van der Waals surface area contributed by atoms with Crippen LogP contribution in [0.5, 0.6) is 0 Å². The Morgan fingerprint density at radius 1 is 1.40 bits per heavy atom. The quantitative estimate of drug-likeness (QED) is 0.823. The summed E-state index contributed by atoms with van der Waals surface area (Å²) in [6.45, 7) is 8.23. The highest BCUT2D eigenvalue weighted by molar-refractivity contribution is 5.96. The fraction of sp³-hybridized carbons (Fsp3) is 0.867. The summed E-state index contributed by atoms with van der Waals surface area (Å²) < 4.78 is 5.39. The molecule has 114 valence electrons. The number of hydrogen-bond donors (Lipinski definition) is 1. The zero-order valence-electron chi connectivity index (χ0n) is 12.7. The lowest BCUT2D eigenvalue weighted by Crippen LogP contribution is -2.64. The molecule has 3 unspecified atom stereocenters. The zero-order valence-corrected chi connectivity index (χ0v) is 12.7. The van der Waals surface area contributed by atoms with Gasteiger partial charge in [-0.1, -0.05) is 20.8 Å². The summed E-state index contributed by atoms with van der Waals surface area (Å²) in [4.78, 5) is 26.7. The third-order valence-electron chi connectivity index (χ3n) is 4.16. The van der Waals surface area contributed by atoms with Crippen molar-refractivity contribution in [1.29, 1.82) is 0 Å². The van der Waals surface area contributed by atoms with Gasteiger partial charge in [0.05, 0.1) is 6.61 Å². The molecular weight excluding hydrogens is 256 g/mol. The molecule has 2 aliphatic rings. The van der Waals surface area contributed by atoms with Gasteiger partial charge in [-0.3, -0.25) is 9.59 Å². The summed E-state index contributed by atoms with van der Waals surface area (Å²) >= 11 is 0. The summed E-state index contributed by atoms with van der Waals surface area (Å²) in [7, 11) is 0. The van der Waals surface area contributed by atoms with Crippen molar-refractivity contribution in [3.8, 4) is 0 Å². The number of hydrogen-bond acceptors (Lipinski definition) is 3. The Bertz CT molecular complexity index is 364. The van der Waals surface area contributed by atoms with Crippen molar-refractivity contribution in [2.75, 3.05) is 19.8 Å². The Morgan fingerprint density at radius 3 is 2.70 bits per heavy atom. The van der Waals surface area contributed by atoms with Gasteiger partial charge in [-0.2, -0.15) is 0 Å². The van der Waals surface area contributed by atoms with Crippen molar-refractivity contribution in [2.24, 2.45) is 11.8 Å². The lowest BCUT2D eigenvalue weighted by Gasteiger charge is -2.40. The number of nitrogens with one attached hydrogen (secondary N) is 1.